The zero-order valence-corrected chi connectivity index (χ0v) is 14.3. The van der Waals surface area contributed by atoms with Crippen molar-refractivity contribution in [1.82, 2.24) is 0 Å². The standard InChI is InChI=1S/C20H26N2O/c1-4-22(5-2)18-12-13-19(16(3)15-18)21-20(23)14-11-17-9-7-6-8-10-17/h6-10,12-13,15H,4-5,11,14H2,1-3H3,(H,21,23). The zero-order valence-electron chi connectivity index (χ0n) is 14.3. The smallest absolute Gasteiger partial charge is 0.224 e. The minimum Gasteiger partial charge on any atom is -0.372 e. The summed E-state index contributed by atoms with van der Waals surface area (Å²) < 4.78 is 0. The van der Waals surface area contributed by atoms with Crippen molar-refractivity contribution in [3.8, 4) is 0 Å². The summed E-state index contributed by atoms with van der Waals surface area (Å²) in [4.78, 5) is 14.4. The molecule has 0 unspecified atom stereocenters. The summed E-state index contributed by atoms with van der Waals surface area (Å²) in [6, 6.07) is 16.3. The molecule has 122 valence electrons. The Bertz CT molecular complexity index is 633. The highest BCUT2D eigenvalue weighted by molar-refractivity contribution is 5.91. The summed E-state index contributed by atoms with van der Waals surface area (Å²) in [6.45, 7) is 8.31. The van der Waals surface area contributed by atoms with Crippen LogP contribution in [0.15, 0.2) is 48.5 Å². The Morgan fingerprint density at radius 3 is 2.35 bits per heavy atom. The van der Waals surface area contributed by atoms with Gasteiger partial charge in [0.1, 0.15) is 0 Å². The van der Waals surface area contributed by atoms with Crippen LogP contribution in [0.2, 0.25) is 0 Å². The van der Waals surface area contributed by atoms with Crippen molar-refractivity contribution in [2.24, 2.45) is 0 Å². The van der Waals surface area contributed by atoms with Crippen LogP contribution >= 0.6 is 0 Å². The number of benzene rings is 2. The van der Waals surface area contributed by atoms with E-state index >= 15 is 0 Å². The highest BCUT2D eigenvalue weighted by Gasteiger charge is 2.08. The number of nitrogens with zero attached hydrogens (tertiary/aromatic N) is 1. The van der Waals surface area contributed by atoms with Crippen LogP contribution in [0.25, 0.3) is 0 Å². The lowest BCUT2D eigenvalue weighted by Gasteiger charge is -2.22. The first-order valence-electron chi connectivity index (χ1n) is 8.33. The molecule has 3 nitrogen and oxygen atoms in total. The predicted octanol–water partition coefficient (Wildman–Crippen LogP) is 4.41. The molecule has 0 bridgehead atoms. The summed E-state index contributed by atoms with van der Waals surface area (Å²) in [6.07, 6.45) is 1.27. The maximum absolute atomic E-state index is 12.1. The van der Waals surface area contributed by atoms with Gasteiger partial charge in [-0.3, -0.25) is 4.79 Å². The van der Waals surface area contributed by atoms with Crippen LogP contribution in [0.5, 0.6) is 0 Å². The average Bonchev–Trinajstić information content (AvgIpc) is 2.57. The zero-order chi connectivity index (χ0) is 16.7. The van der Waals surface area contributed by atoms with Crippen LogP contribution in [0.4, 0.5) is 11.4 Å². The van der Waals surface area contributed by atoms with Gasteiger partial charge in [-0.25, -0.2) is 0 Å². The molecular weight excluding hydrogens is 284 g/mol. The van der Waals surface area contributed by atoms with E-state index in [2.05, 4.69) is 48.3 Å². The first-order chi connectivity index (χ1) is 11.1. The minimum absolute atomic E-state index is 0.0625. The van der Waals surface area contributed by atoms with Crippen molar-refractivity contribution in [2.45, 2.75) is 33.6 Å². The quantitative estimate of drug-likeness (QED) is 0.821. The van der Waals surface area contributed by atoms with Crippen LogP contribution in [-0.2, 0) is 11.2 Å². The molecule has 0 aromatic heterocycles. The third-order valence-electron chi connectivity index (χ3n) is 4.10. The molecule has 1 N–H and O–H groups in total. The summed E-state index contributed by atoms with van der Waals surface area (Å²) in [5, 5.41) is 3.03. The van der Waals surface area contributed by atoms with Gasteiger partial charge < -0.3 is 10.2 Å². The van der Waals surface area contributed by atoms with Gasteiger partial charge in [0.15, 0.2) is 0 Å². The van der Waals surface area contributed by atoms with E-state index in [1.165, 1.54) is 11.3 Å². The lowest BCUT2D eigenvalue weighted by atomic mass is 10.1. The van der Waals surface area contributed by atoms with Gasteiger partial charge in [0.2, 0.25) is 5.91 Å². The summed E-state index contributed by atoms with van der Waals surface area (Å²) in [5.74, 6) is 0.0625. The van der Waals surface area contributed by atoms with Crippen molar-refractivity contribution in [3.63, 3.8) is 0 Å². The maximum Gasteiger partial charge on any atom is 0.224 e. The number of carbonyl (C=O) groups is 1. The molecule has 0 aliphatic rings. The largest absolute Gasteiger partial charge is 0.372 e. The molecule has 0 heterocycles. The van der Waals surface area contributed by atoms with Gasteiger partial charge >= 0.3 is 0 Å². The number of hydrogen-bond acceptors (Lipinski definition) is 2. The molecule has 2 aromatic rings. The first kappa shape index (κ1) is 17.1. The van der Waals surface area contributed by atoms with Crippen LogP contribution in [0.3, 0.4) is 0 Å². The second-order valence-corrected chi connectivity index (χ2v) is 5.71. The molecule has 2 aromatic carbocycles. The van der Waals surface area contributed by atoms with Crippen LogP contribution < -0.4 is 10.2 Å². The van der Waals surface area contributed by atoms with Crippen molar-refractivity contribution in [2.75, 3.05) is 23.3 Å². The molecule has 0 aliphatic heterocycles. The van der Waals surface area contributed by atoms with Gasteiger partial charge in [0, 0.05) is 30.9 Å². The second kappa shape index (κ2) is 8.37. The summed E-state index contributed by atoms with van der Waals surface area (Å²) >= 11 is 0. The fourth-order valence-corrected chi connectivity index (χ4v) is 2.69. The lowest BCUT2D eigenvalue weighted by Crippen LogP contribution is -2.22. The highest BCUT2D eigenvalue weighted by atomic mass is 16.1. The molecule has 1 amide bonds. The number of amides is 1. The van der Waals surface area contributed by atoms with E-state index in [1.807, 2.05) is 31.2 Å². The fourth-order valence-electron chi connectivity index (χ4n) is 2.69. The molecule has 0 saturated heterocycles. The number of rotatable bonds is 7. The van der Waals surface area contributed by atoms with Crippen molar-refractivity contribution in [1.29, 1.82) is 0 Å². The SMILES string of the molecule is CCN(CC)c1ccc(NC(=O)CCc2ccccc2)c(C)c1. The van der Waals surface area contributed by atoms with Crippen LogP contribution in [-0.4, -0.2) is 19.0 Å². The molecule has 0 aliphatic carbocycles. The third kappa shape index (κ3) is 4.85. The molecular formula is C20H26N2O. The van der Waals surface area contributed by atoms with Crippen LogP contribution in [0.1, 0.15) is 31.4 Å². The normalized spacial score (nSPS) is 10.4. The Labute approximate surface area is 139 Å². The molecule has 23 heavy (non-hydrogen) atoms. The Balaban J connectivity index is 1.95. The van der Waals surface area contributed by atoms with Gasteiger partial charge in [0.05, 0.1) is 0 Å². The van der Waals surface area contributed by atoms with Crippen molar-refractivity contribution < 1.29 is 4.79 Å². The Morgan fingerprint density at radius 2 is 1.74 bits per heavy atom. The number of anilines is 2. The number of carbonyl (C=O) groups excluding carboxylic acids is 1. The second-order valence-electron chi connectivity index (χ2n) is 5.71. The van der Waals surface area contributed by atoms with Gasteiger partial charge in [-0.15, -0.1) is 0 Å². The summed E-state index contributed by atoms with van der Waals surface area (Å²) in [5.41, 5.74) is 4.40. The van der Waals surface area contributed by atoms with Gasteiger partial charge in [0.25, 0.3) is 0 Å². The average molecular weight is 310 g/mol. The van der Waals surface area contributed by atoms with Gasteiger partial charge in [-0.1, -0.05) is 30.3 Å². The molecule has 0 spiro atoms. The first-order valence-corrected chi connectivity index (χ1v) is 8.33. The topological polar surface area (TPSA) is 32.3 Å². The van der Waals surface area contributed by atoms with Crippen molar-refractivity contribution >= 4 is 17.3 Å². The van der Waals surface area contributed by atoms with E-state index in [0.29, 0.717) is 6.42 Å². The van der Waals surface area contributed by atoms with E-state index in [1.54, 1.807) is 0 Å². The van der Waals surface area contributed by atoms with Gasteiger partial charge in [-0.05, 0) is 56.5 Å². The molecule has 0 saturated carbocycles. The number of aryl methyl sites for hydroxylation is 2. The van der Waals surface area contributed by atoms with Gasteiger partial charge in [-0.2, -0.15) is 0 Å². The Hall–Kier alpha value is -2.29. The Kier molecular flexibility index (Phi) is 6.21. The number of hydrogen-bond donors (Lipinski definition) is 1. The lowest BCUT2D eigenvalue weighted by molar-refractivity contribution is -0.116. The Morgan fingerprint density at radius 1 is 1.04 bits per heavy atom. The molecule has 2 rings (SSSR count). The number of nitrogens with one attached hydrogen (secondary N) is 1. The molecule has 3 heteroatoms. The van der Waals surface area contributed by atoms with E-state index in [4.69, 9.17) is 0 Å². The molecule has 0 atom stereocenters. The maximum atomic E-state index is 12.1. The third-order valence-corrected chi connectivity index (χ3v) is 4.10. The molecule has 0 radical (unpaired) electrons. The van der Waals surface area contributed by atoms with E-state index in [0.717, 1.165) is 30.8 Å². The monoisotopic (exact) mass is 310 g/mol. The minimum atomic E-state index is 0.0625. The highest BCUT2D eigenvalue weighted by Crippen LogP contribution is 2.22. The van der Waals surface area contributed by atoms with E-state index < -0.39 is 0 Å². The van der Waals surface area contributed by atoms with Crippen LogP contribution in [0, 0.1) is 6.92 Å². The van der Waals surface area contributed by atoms with Crippen molar-refractivity contribution in [3.05, 3.63) is 59.7 Å². The predicted molar refractivity (Wildman–Crippen MR) is 98.1 cm³/mol. The van der Waals surface area contributed by atoms with E-state index in [-0.39, 0.29) is 5.91 Å². The fraction of sp³-hybridized carbons (Fsp3) is 0.350. The summed E-state index contributed by atoms with van der Waals surface area (Å²) in [7, 11) is 0. The van der Waals surface area contributed by atoms with E-state index in [9.17, 15) is 4.79 Å². The molecule has 0 fully saturated rings.